The van der Waals surface area contributed by atoms with Crippen LogP contribution in [0, 0.1) is 0 Å². The van der Waals surface area contributed by atoms with E-state index < -0.39 is 0 Å². The summed E-state index contributed by atoms with van der Waals surface area (Å²) in [5.74, 6) is 0. The molecule has 2 nitrogen and oxygen atoms in total. The van der Waals surface area contributed by atoms with Crippen molar-refractivity contribution in [2.24, 2.45) is 0 Å². The zero-order valence-corrected chi connectivity index (χ0v) is 11.7. The molecule has 0 saturated heterocycles. The summed E-state index contributed by atoms with van der Waals surface area (Å²) in [6, 6.07) is 14.3. The van der Waals surface area contributed by atoms with Crippen LogP contribution in [0.2, 0.25) is 0 Å². The van der Waals surface area contributed by atoms with E-state index in [-0.39, 0.29) is 0 Å². The highest BCUT2D eigenvalue weighted by Gasteiger charge is 2.04. The minimum absolute atomic E-state index is 1.05. The quantitative estimate of drug-likeness (QED) is 0.692. The monoisotopic (exact) mass is 310 g/mol. The van der Waals surface area contributed by atoms with Crippen molar-refractivity contribution in [2.45, 2.75) is 0 Å². The van der Waals surface area contributed by atoms with Crippen LogP contribution in [-0.2, 0) is 0 Å². The van der Waals surface area contributed by atoms with Gasteiger partial charge in [-0.1, -0.05) is 28.1 Å². The lowest BCUT2D eigenvalue weighted by Gasteiger charge is -2.07. The molecule has 0 saturated carbocycles. The second-order valence-electron chi connectivity index (χ2n) is 4.21. The van der Waals surface area contributed by atoms with Crippen molar-refractivity contribution in [3.05, 3.63) is 71.7 Å². The maximum Gasteiger partial charge on any atom is 0.0346 e. The van der Waals surface area contributed by atoms with Gasteiger partial charge >= 0.3 is 0 Å². The normalized spacial score (nSPS) is 10.4. The number of hydrogen-bond acceptors (Lipinski definition) is 2. The van der Waals surface area contributed by atoms with Crippen LogP contribution in [0.25, 0.3) is 22.3 Å². The van der Waals surface area contributed by atoms with E-state index in [1.165, 1.54) is 0 Å². The molecule has 3 rings (SSSR count). The van der Waals surface area contributed by atoms with Crippen LogP contribution in [0.15, 0.2) is 71.7 Å². The van der Waals surface area contributed by atoms with Crippen LogP contribution in [0.4, 0.5) is 0 Å². The summed E-state index contributed by atoms with van der Waals surface area (Å²) in [6.07, 6.45) is 7.30. The van der Waals surface area contributed by atoms with Crippen molar-refractivity contribution in [1.82, 2.24) is 9.97 Å². The smallest absolute Gasteiger partial charge is 0.0346 e. The summed E-state index contributed by atoms with van der Waals surface area (Å²) in [5, 5.41) is 0. The number of pyridine rings is 2. The second kappa shape index (κ2) is 5.33. The van der Waals surface area contributed by atoms with Gasteiger partial charge in [-0.2, -0.15) is 0 Å². The third-order valence-corrected chi connectivity index (χ3v) is 3.35. The largest absolute Gasteiger partial charge is 0.264 e. The lowest BCUT2D eigenvalue weighted by molar-refractivity contribution is 1.32. The van der Waals surface area contributed by atoms with Crippen molar-refractivity contribution in [2.75, 3.05) is 0 Å². The molecule has 0 fully saturated rings. The average molecular weight is 311 g/mol. The molecule has 0 N–H and O–H groups in total. The molecule has 3 heteroatoms. The van der Waals surface area contributed by atoms with E-state index in [0.717, 1.165) is 26.7 Å². The fourth-order valence-electron chi connectivity index (χ4n) is 1.99. The number of benzene rings is 1. The van der Waals surface area contributed by atoms with E-state index >= 15 is 0 Å². The number of halogens is 1. The highest BCUT2D eigenvalue weighted by Crippen LogP contribution is 2.29. The zero-order valence-electron chi connectivity index (χ0n) is 10.1. The molecule has 2 aromatic heterocycles. The molecule has 0 radical (unpaired) electrons. The summed E-state index contributed by atoms with van der Waals surface area (Å²) in [6.45, 7) is 0. The summed E-state index contributed by atoms with van der Waals surface area (Å²) < 4.78 is 1.05. The van der Waals surface area contributed by atoms with E-state index in [0.29, 0.717) is 0 Å². The molecule has 0 amide bonds. The van der Waals surface area contributed by atoms with Crippen LogP contribution < -0.4 is 0 Å². The summed E-state index contributed by atoms with van der Waals surface area (Å²) in [5.41, 5.74) is 4.49. The fraction of sp³-hybridized carbons (Fsp3) is 0. The van der Waals surface area contributed by atoms with Crippen molar-refractivity contribution < 1.29 is 0 Å². The minimum Gasteiger partial charge on any atom is -0.264 e. The van der Waals surface area contributed by atoms with Crippen LogP contribution in [0.1, 0.15) is 0 Å². The highest BCUT2D eigenvalue weighted by molar-refractivity contribution is 9.10. The van der Waals surface area contributed by atoms with Gasteiger partial charge in [0.05, 0.1) is 0 Å². The highest BCUT2D eigenvalue weighted by atomic mass is 79.9. The lowest BCUT2D eigenvalue weighted by atomic mass is 10.0. The van der Waals surface area contributed by atoms with Crippen molar-refractivity contribution in [3.63, 3.8) is 0 Å². The Kier molecular flexibility index (Phi) is 3.38. The Morgan fingerprint density at radius 3 is 1.63 bits per heavy atom. The Morgan fingerprint density at radius 2 is 1.21 bits per heavy atom. The summed E-state index contributed by atoms with van der Waals surface area (Å²) >= 11 is 3.57. The molecule has 0 aliphatic carbocycles. The van der Waals surface area contributed by atoms with E-state index in [1.807, 2.05) is 24.5 Å². The molecule has 0 aliphatic heterocycles. The van der Waals surface area contributed by atoms with Crippen molar-refractivity contribution >= 4 is 15.9 Å². The molecule has 3 aromatic rings. The third kappa shape index (κ3) is 2.71. The Balaban J connectivity index is 2.12. The van der Waals surface area contributed by atoms with E-state index in [4.69, 9.17) is 0 Å². The maximum absolute atomic E-state index is 4.17. The zero-order chi connectivity index (χ0) is 13.1. The number of hydrogen-bond donors (Lipinski definition) is 0. The molecule has 92 valence electrons. The lowest BCUT2D eigenvalue weighted by Crippen LogP contribution is -1.84. The first-order chi connectivity index (χ1) is 9.33. The van der Waals surface area contributed by atoms with Gasteiger partial charge < -0.3 is 0 Å². The molecular formula is C16H11BrN2. The van der Waals surface area contributed by atoms with Gasteiger partial charge in [-0.05, 0) is 41.5 Å². The van der Waals surface area contributed by atoms with Gasteiger partial charge in [0.25, 0.3) is 0 Å². The minimum atomic E-state index is 1.05. The first-order valence-corrected chi connectivity index (χ1v) is 6.73. The average Bonchev–Trinajstić information content (AvgIpc) is 2.48. The van der Waals surface area contributed by atoms with E-state index in [1.54, 1.807) is 12.4 Å². The standard InChI is InChI=1S/C16H11BrN2/c17-16-8-14(12-3-1-5-18-10-12)7-15(9-16)13-4-2-6-19-11-13/h1-11H. The number of aromatic nitrogens is 2. The molecule has 19 heavy (non-hydrogen) atoms. The first kappa shape index (κ1) is 12.1. The van der Waals surface area contributed by atoms with Gasteiger partial charge in [0.2, 0.25) is 0 Å². The third-order valence-electron chi connectivity index (χ3n) is 2.89. The molecule has 0 unspecified atom stereocenters. The molecular weight excluding hydrogens is 300 g/mol. The maximum atomic E-state index is 4.17. The van der Waals surface area contributed by atoms with E-state index in [2.05, 4.69) is 56.2 Å². The molecule has 0 atom stereocenters. The Hall–Kier alpha value is -2.00. The van der Waals surface area contributed by atoms with Gasteiger partial charge in [-0.3, -0.25) is 9.97 Å². The molecule has 0 spiro atoms. The Labute approximate surface area is 120 Å². The Morgan fingerprint density at radius 1 is 0.684 bits per heavy atom. The van der Waals surface area contributed by atoms with Gasteiger partial charge in [-0.25, -0.2) is 0 Å². The fourth-order valence-corrected chi connectivity index (χ4v) is 2.48. The van der Waals surface area contributed by atoms with Crippen LogP contribution in [0.5, 0.6) is 0 Å². The van der Waals surface area contributed by atoms with Crippen molar-refractivity contribution in [1.29, 1.82) is 0 Å². The summed E-state index contributed by atoms with van der Waals surface area (Å²) in [7, 11) is 0. The van der Waals surface area contributed by atoms with E-state index in [9.17, 15) is 0 Å². The molecule has 0 bridgehead atoms. The predicted octanol–water partition coefficient (Wildman–Crippen LogP) is 4.57. The topological polar surface area (TPSA) is 25.8 Å². The molecule has 2 heterocycles. The van der Waals surface area contributed by atoms with Crippen LogP contribution >= 0.6 is 15.9 Å². The first-order valence-electron chi connectivity index (χ1n) is 5.94. The molecule has 1 aromatic carbocycles. The Bertz CT molecular complexity index is 624. The van der Waals surface area contributed by atoms with Gasteiger partial charge in [0, 0.05) is 40.4 Å². The van der Waals surface area contributed by atoms with Crippen LogP contribution in [-0.4, -0.2) is 9.97 Å². The van der Waals surface area contributed by atoms with Gasteiger partial charge in [-0.15, -0.1) is 0 Å². The van der Waals surface area contributed by atoms with Gasteiger partial charge in [0.1, 0.15) is 0 Å². The summed E-state index contributed by atoms with van der Waals surface area (Å²) in [4.78, 5) is 8.33. The van der Waals surface area contributed by atoms with Crippen molar-refractivity contribution in [3.8, 4) is 22.3 Å². The predicted molar refractivity (Wildman–Crippen MR) is 80.6 cm³/mol. The van der Waals surface area contributed by atoms with Gasteiger partial charge in [0.15, 0.2) is 0 Å². The second-order valence-corrected chi connectivity index (χ2v) is 5.13. The number of nitrogens with zero attached hydrogens (tertiary/aromatic N) is 2. The molecule has 0 aliphatic rings. The van der Waals surface area contributed by atoms with Crippen LogP contribution in [0.3, 0.4) is 0 Å². The SMILES string of the molecule is Brc1cc(-c2cccnc2)cc(-c2cccnc2)c1. The number of rotatable bonds is 2.